The van der Waals surface area contributed by atoms with Crippen LogP contribution < -0.4 is 0 Å². The Hall–Kier alpha value is -2.55. The molecule has 0 N–H and O–H groups in total. The van der Waals surface area contributed by atoms with Crippen molar-refractivity contribution in [2.24, 2.45) is 0 Å². The smallest absolute Gasteiger partial charge is 0.435 e. The summed E-state index contributed by atoms with van der Waals surface area (Å²) in [6.45, 7) is 2.04. The first kappa shape index (κ1) is 14.9. The molecule has 3 heteroatoms. The molecule has 0 aromatic heterocycles. The lowest BCUT2D eigenvalue weighted by molar-refractivity contribution is 0.0403. The largest absolute Gasteiger partial charge is 0.509 e. The second kappa shape index (κ2) is 7.90. The van der Waals surface area contributed by atoms with Gasteiger partial charge in [0.05, 0.1) is 6.61 Å². The van der Waals surface area contributed by atoms with E-state index in [-0.39, 0.29) is 0 Å². The fourth-order valence-corrected chi connectivity index (χ4v) is 1.88. The van der Waals surface area contributed by atoms with Gasteiger partial charge in [-0.3, -0.25) is 0 Å². The van der Waals surface area contributed by atoms with Crippen molar-refractivity contribution in [3.8, 4) is 0 Å². The maximum Gasteiger partial charge on any atom is 0.509 e. The van der Waals surface area contributed by atoms with Crippen LogP contribution in [-0.2, 0) is 9.47 Å². The van der Waals surface area contributed by atoms with E-state index in [1.807, 2.05) is 72.8 Å². The number of carbonyl (C=O) groups excluding carboxylic acids is 1. The first-order chi connectivity index (χ1) is 10.3. The Bertz CT molecular complexity index is 576. The minimum atomic E-state index is -0.663. The zero-order chi connectivity index (χ0) is 14.9. The molecule has 0 bridgehead atoms. The minimum Gasteiger partial charge on any atom is -0.435 e. The molecule has 1 unspecified atom stereocenters. The number of hydrogen-bond donors (Lipinski definition) is 0. The molecule has 0 saturated heterocycles. The van der Waals surface area contributed by atoms with Gasteiger partial charge in [0.25, 0.3) is 0 Å². The van der Waals surface area contributed by atoms with Gasteiger partial charge in [-0.05, 0) is 24.1 Å². The summed E-state index contributed by atoms with van der Waals surface area (Å²) in [4.78, 5) is 11.6. The molecule has 2 aromatic carbocycles. The average molecular weight is 282 g/mol. The van der Waals surface area contributed by atoms with Crippen molar-refractivity contribution in [2.75, 3.05) is 6.61 Å². The average Bonchev–Trinajstić information content (AvgIpc) is 2.53. The van der Waals surface area contributed by atoms with Crippen LogP contribution >= 0.6 is 0 Å². The molecule has 0 amide bonds. The molecule has 2 rings (SSSR count). The van der Waals surface area contributed by atoms with E-state index in [0.29, 0.717) is 6.61 Å². The number of benzene rings is 2. The van der Waals surface area contributed by atoms with Gasteiger partial charge in [-0.15, -0.1) is 0 Å². The Labute approximate surface area is 124 Å². The molecule has 21 heavy (non-hydrogen) atoms. The number of rotatable bonds is 5. The SMILES string of the molecule is CCOC(=O)OC(C=Cc1ccccc1)c1ccccc1. The summed E-state index contributed by atoms with van der Waals surface area (Å²) in [7, 11) is 0. The monoisotopic (exact) mass is 282 g/mol. The van der Waals surface area contributed by atoms with Gasteiger partial charge < -0.3 is 9.47 Å². The fraction of sp³-hybridized carbons (Fsp3) is 0.167. The molecule has 2 aromatic rings. The summed E-state index contributed by atoms with van der Waals surface area (Å²) >= 11 is 0. The summed E-state index contributed by atoms with van der Waals surface area (Å²) in [6.07, 6.45) is 2.65. The predicted molar refractivity (Wildman–Crippen MR) is 82.8 cm³/mol. The highest BCUT2D eigenvalue weighted by Crippen LogP contribution is 2.20. The Balaban J connectivity index is 2.16. The van der Waals surface area contributed by atoms with Crippen molar-refractivity contribution < 1.29 is 14.3 Å². The molecule has 0 aliphatic carbocycles. The van der Waals surface area contributed by atoms with Gasteiger partial charge in [0.15, 0.2) is 0 Å². The Kier molecular flexibility index (Phi) is 5.59. The second-order valence-electron chi connectivity index (χ2n) is 4.40. The number of carbonyl (C=O) groups is 1. The van der Waals surface area contributed by atoms with Crippen LogP contribution in [0, 0.1) is 0 Å². The normalized spacial score (nSPS) is 12.0. The lowest BCUT2D eigenvalue weighted by Gasteiger charge is -2.14. The van der Waals surface area contributed by atoms with Crippen LogP contribution in [0.25, 0.3) is 6.08 Å². The van der Waals surface area contributed by atoms with Gasteiger partial charge in [-0.1, -0.05) is 66.7 Å². The van der Waals surface area contributed by atoms with E-state index >= 15 is 0 Å². The van der Waals surface area contributed by atoms with Crippen molar-refractivity contribution in [3.63, 3.8) is 0 Å². The lowest BCUT2D eigenvalue weighted by Crippen LogP contribution is -2.11. The molecule has 3 nitrogen and oxygen atoms in total. The first-order valence-electron chi connectivity index (χ1n) is 6.91. The molecule has 0 aliphatic heterocycles. The van der Waals surface area contributed by atoms with E-state index < -0.39 is 12.3 Å². The number of ether oxygens (including phenoxy) is 2. The summed E-state index contributed by atoms with van der Waals surface area (Å²) < 4.78 is 10.2. The molecule has 1 atom stereocenters. The molecular weight excluding hydrogens is 264 g/mol. The quantitative estimate of drug-likeness (QED) is 0.751. The standard InChI is InChI=1S/C18H18O3/c1-2-20-18(19)21-17(16-11-7-4-8-12-16)14-13-15-9-5-3-6-10-15/h3-14,17H,2H2,1H3. The van der Waals surface area contributed by atoms with E-state index in [1.165, 1.54) is 0 Å². The van der Waals surface area contributed by atoms with Crippen molar-refractivity contribution in [1.29, 1.82) is 0 Å². The first-order valence-corrected chi connectivity index (χ1v) is 6.91. The Morgan fingerprint density at radius 1 is 1.05 bits per heavy atom. The molecular formula is C18H18O3. The van der Waals surface area contributed by atoms with Gasteiger partial charge >= 0.3 is 6.16 Å². The highest BCUT2D eigenvalue weighted by Gasteiger charge is 2.14. The van der Waals surface area contributed by atoms with Crippen LogP contribution in [0.4, 0.5) is 4.79 Å². The van der Waals surface area contributed by atoms with Crippen LogP contribution in [0.15, 0.2) is 66.7 Å². The van der Waals surface area contributed by atoms with Crippen LogP contribution in [-0.4, -0.2) is 12.8 Å². The molecule has 0 aliphatic rings. The zero-order valence-corrected chi connectivity index (χ0v) is 11.9. The molecule has 0 saturated carbocycles. The Morgan fingerprint density at radius 2 is 1.67 bits per heavy atom. The van der Waals surface area contributed by atoms with E-state index in [1.54, 1.807) is 6.92 Å². The Morgan fingerprint density at radius 3 is 2.29 bits per heavy atom. The molecule has 0 heterocycles. The maximum absolute atomic E-state index is 11.6. The maximum atomic E-state index is 11.6. The highest BCUT2D eigenvalue weighted by molar-refractivity contribution is 5.61. The summed E-state index contributed by atoms with van der Waals surface area (Å²) in [5.74, 6) is 0. The van der Waals surface area contributed by atoms with Gasteiger partial charge in [-0.2, -0.15) is 0 Å². The van der Waals surface area contributed by atoms with E-state index in [9.17, 15) is 4.79 Å². The molecule has 0 radical (unpaired) electrons. The molecule has 0 spiro atoms. The van der Waals surface area contributed by atoms with Crippen molar-refractivity contribution in [3.05, 3.63) is 77.9 Å². The van der Waals surface area contributed by atoms with Crippen LogP contribution in [0.1, 0.15) is 24.2 Å². The third kappa shape index (κ3) is 4.80. The third-order valence-electron chi connectivity index (χ3n) is 2.88. The lowest BCUT2D eigenvalue weighted by atomic mass is 10.1. The zero-order valence-electron chi connectivity index (χ0n) is 11.9. The van der Waals surface area contributed by atoms with E-state index in [0.717, 1.165) is 11.1 Å². The van der Waals surface area contributed by atoms with E-state index in [2.05, 4.69) is 0 Å². The van der Waals surface area contributed by atoms with Crippen LogP contribution in [0.3, 0.4) is 0 Å². The summed E-state index contributed by atoms with van der Waals surface area (Å²) in [5, 5.41) is 0. The third-order valence-corrected chi connectivity index (χ3v) is 2.88. The molecule has 108 valence electrons. The highest BCUT2D eigenvalue weighted by atomic mass is 16.7. The van der Waals surface area contributed by atoms with Crippen LogP contribution in [0.5, 0.6) is 0 Å². The summed E-state index contributed by atoms with van der Waals surface area (Å²) in [5.41, 5.74) is 1.95. The van der Waals surface area contributed by atoms with Gasteiger partial charge in [0.1, 0.15) is 6.10 Å². The van der Waals surface area contributed by atoms with Crippen molar-refractivity contribution in [1.82, 2.24) is 0 Å². The topological polar surface area (TPSA) is 35.5 Å². The number of hydrogen-bond acceptors (Lipinski definition) is 3. The molecule has 0 fully saturated rings. The van der Waals surface area contributed by atoms with Gasteiger partial charge in [-0.25, -0.2) is 4.79 Å². The van der Waals surface area contributed by atoms with E-state index in [4.69, 9.17) is 9.47 Å². The predicted octanol–water partition coefficient (Wildman–Crippen LogP) is 4.61. The second-order valence-corrected chi connectivity index (χ2v) is 4.40. The van der Waals surface area contributed by atoms with Crippen molar-refractivity contribution >= 4 is 12.2 Å². The van der Waals surface area contributed by atoms with Crippen LogP contribution in [0.2, 0.25) is 0 Å². The van der Waals surface area contributed by atoms with Crippen molar-refractivity contribution in [2.45, 2.75) is 13.0 Å². The summed E-state index contributed by atoms with van der Waals surface area (Å²) in [6, 6.07) is 19.4. The minimum absolute atomic E-state index is 0.294. The fourth-order valence-electron chi connectivity index (χ4n) is 1.88. The van der Waals surface area contributed by atoms with Gasteiger partial charge in [0, 0.05) is 0 Å². The van der Waals surface area contributed by atoms with Gasteiger partial charge in [0.2, 0.25) is 0 Å².